The highest BCUT2D eigenvalue weighted by atomic mass is 35.5. The third kappa shape index (κ3) is 6.09. The molecular weight excluding hydrogens is 728 g/mol. The maximum Gasteiger partial charge on any atom is 0.325 e. The molecule has 3 aromatic heterocycles. The van der Waals surface area contributed by atoms with E-state index in [0.29, 0.717) is 5.52 Å². The van der Waals surface area contributed by atoms with Crippen LogP contribution in [0.15, 0.2) is 40.4 Å². The molecule has 7 N–H and O–H groups in total. The number of hydrogen-bond acceptors (Lipinski definition) is 16. The summed E-state index contributed by atoms with van der Waals surface area (Å²) in [6, 6.07) is 4.70. The number of H-pyrrole nitrogens is 1. The van der Waals surface area contributed by atoms with Crippen LogP contribution in [0.25, 0.3) is 22.1 Å². The second kappa shape index (κ2) is 12.2. The molecule has 0 amide bonds. The minimum Gasteiger partial charge on any atom is -0.387 e. The lowest BCUT2D eigenvalue weighted by atomic mass is 10.1. The molecule has 24 heteroatoms. The first kappa shape index (κ1) is 33.2. The lowest BCUT2D eigenvalue weighted by Gasteiger charge is -2.28. The molecule has 3 fully saturated rings. The van der Waals surface area contributed by atoms with Gasteiger partial charge in [-0.3, -0.25) is 32.8 Å². The maximum absolute atomic E-state index is 13.4. The van der Waals surface area contributed by atoms with Crippen molar-refractivity contribution >= 4 is 76.7 Å². The number of fused-ring (bicyclic) bond motifs is 5. The predicted octanol–water partition coefficient (Wildman–Crippen LogP) is -0.467. The van der Waals surface area contributed by atoms with Crippen LogP contribution in [-0.4, -0.2) is 98.9 Å². The van der Waals surface area contributed by atoms with E-state index in [1.54, 1.807) is 12.1 Å². The smallest absolute Gasteiger partial charge is 0.325 e. The van der Waals surface area contributed by atoms with Gasteiger partial charge >= 0.3 is 13.4 Å². The molecule has 10 atom stereocenters. The Morgan fingerprint density at radius 1 is 0.936 bits per heavy atom. The third-order valence-electron chi connectivity index (χ3n) is 7.70. The highest BCUT2D eigenvalue weighted by molar-refractivity contribution is 8.07. The van der Waals surface area contributed by atoms with Crippen LogP contribution in [0.3, 0.4) is 0 Å². The van der Waals surface area contributed by atoms with Gasteiger partial charge in [0.25, 0.3) is 11.1 Å². The topological polar surface area (TPSA) is 261 Å². The molecule has 0 saturated carbocycles. The molecule has 3 aliphatic heterocycles. The molecule has 0 radical (unpaired) electrons. The summed E-state index contributed by atoms with van der Waals surface area (Å²) in [6.45, 7) is -9.73. The van der Waals surface area contributed by atoms with Gasteiger partial charge < -0.3 is 44.3 Å². The number of nitrogen functional groups attached to an aromatic ring is 1. The van der Waals surface area contributed by atoms with Crippen molar-refractivity contribution in [2.45, 2.75) is 49.1 Å². The first-order valence-corrected chi connectivity index (χ1v) is 19.2. The monoisotopic (exact) mass is 751 g/mol. The van der Waals surface area contributed by atoms with Crippen molar-refractivity contribution in [3.63, 3.8) is 0 Å². The number of aliphatic hydroxyl groups is 2. The van der Waals surface area contributed by atoms with Crippen molar-refractivity contribution in [3.8, 4) is 0 Å². The fraction of sp³-hybridized carbons (Fsp3) is 0.435. The Labute approximate surface area is 277 Å². The summed E-state index contributed by atoms with van der Waals surface area (Å²) in [5.74, 6) is -0.229. The minimum atomic E-state index is -4.29. The van der Waals surface area contributed by atoms with E-state index in [2.05, 4.69) is 19.9 Å². The summed E-state index contributed by atoms with van der Waals surface area (Å²) in [5, 5.41) is 22.7. The molecule has 7 rings (SSSR count). The van der Waals surface area contributed by atoms with Crippen molar-refractivity contribution in [3.05, 3.63) is 56.6 Å². The summed E-state index contributed by atoms with van der Waals surface area (Å²) < 4.78 is 36.6. The van der Waals surface area contributed by atoms with Gasteiger partial charge in [-0.1, -0.05) is 17.7 Å². The summed E-state index contributed by atoms with van der Waals surface area (Å²) >= 11 is 16.7. The number of ether oxygens (including phenoxy) is 2. The van der Waals surface area contributed by atoms with Gasteiger partial charge in [-0.15, -0.1) is 0 Å². The van der Waals surface area contributed by atoms with Crippen LogP contribution >= 0.6 is 25.0 Å². The molecule has 2 bridgehead atoms. The molecule has 47 heavy (non-hydrogen) atoms. The second-order valence-electron chi connectivity index (χ2n) is 10.6. The number of benzene rings is 1. The number of nitrogens with one attached hydrogen (secondary N) is 1. The van der Waals surface area contributed by atoms with Crippen LogP contribution < -0.4 is 16.9 Å². The average molecular weight is 752 g/mol. The van der Waals surface area contributed by atoms with E-state index in [1.807, 2.05) is 0 Å². The van der Waals surface area contributed by atoms with Gasteiger partial charge in [0.15, 0.2) is 23.6 Å². The number of aromatic nitrogens is 6. The quantitative estimate of drug-likeness (QED) is 0.141. The summed E-state index contributed by atoms with van der Waals surface area (Å²) in [4.78, 5) is 62.5. The Balaban J connectivity index is 1.21. The molecule has 19 nitrogen and oxygen atoms in total. The van der Waals surface area contributed by atoms with Gasteiger partial charge in [0.1, 0.15) is 43.0 Å². The van der Waals surface area contributed by atoms with Crippen molar-refractivity contribution < 1.29 is 47.6 Å². The highest BCUT2D eigenvalue weighted by Gasteiger charge is 2.52. The number of rotatable bonds is 2. The first-order valence-electron chi connectivity index (χ1n) is 13.6. The summed E-state index contributed by atoms with van der Waals surface area (Å²) in [5.41, 5.74) is 4.58. The van der Waals surface area contributed by atoms with Crippen molar-refractivity contribution in [1.82, 2.24) is 29.1 Å². The van der Waals surface area contributed by atoms with Crippen molar-refractivity contribution in [1.29, 1.82) is 0 Å². The van der Waals surface area contributed by atoms with E-state index >= 15 is 0 Å². The van der Waals surface area contributed by atoms with Crippen LogP contribution in [0.2, 0.25) is 5.02 Å². The molecule has 2 unspecified atom stereocenters. The molecule has 3 aliphatic rings. The highest BCUT2D eigenvalue weighted by Crippen LogP contribution is 2.54. The van der Waals surface area contributed by atoms with Crippen LogP contribution in [0.4, 0.5) is 5.95 Å². The Morgan fingerprint density at radius 2 is 1.60 bits per heavy atom. The van der Waals surface area contributed by atoms with E-state index in [1.165, 1.54) is 17.0 Å². The van der Waals surface area contributed by atoms with Crippen LogP contribution in [-0.2, 0) is 51.2 Å². The lowest BCUT2D eigenvalue weighted by Crippen LogP contribution is -2.37. The molecule has 6 heterocycles. The zero-order valence-electron chi connectivity index (χ0n) is 23.4. The number of imidazole rings is 1. The summed E-state index contributed by atoms with van der Waals surface area (Å²) in [7, 11) is 0. The largest absolute Gasteiger partial charge is 0.387 e. The van der Waals surface area contributed by atoms with E-state index < -0.39 is 86.8 Å². The van der Waals surface area contributed by atoms with Crippen LogP contribution in [0.1, 0.15) is 12.5 Å². The lowest BCUT2D eigenvalue weighted by molar-refractivity contribution is -0.0619. The van der Waals surface area contributed by atoms with E-state index in [-0.39, 0.29) is 27.5 Å². The van der Waals surface area contributed by atoms with E-state index in [9.17, 15) is 29.6 Å². The normalized spacial score (nSPS) is 36.5. The molecular formula is C23H24ClN7O12P2S2. The van der Waals surface area contributed by atoms with E-state index in [0.717, 1.165) is 10.9 Å². The van der Waals surface area contributed by atoms with Gasteiger partial charge in [0, 0.05) is 0 Å². The molecule has 252 valence electrons. The SMILES string of the molecule is Nc1nc2c(ncn2[C@@H]2O[C@@H]3COP(O)(=S)O[C@H]4[C@@H](O)[C@H](n5cnc6cccc(Cl)c6c5=O)O[C@@H]4COP(O)(=S)O[C@@H]2[C@@H]3O)c(=O)[nH]1. The third-order valence-corrected chi connectivity index (χ3v) is 11.1. The van der Waals surface area contributed by atoms with Gasteiger partial charge in [0.05, 0.1) is 35.5 Å². The molecule has 1 aromatic carbocycles. The average Bonchev–Trinajstić information content (AvgIpc) is 3.65. The Kier molecular flexibility index (Phi) is 8.64. The Morgan fingerprint density at radius 3 is 2.34 bits per heavy atom. The van der Waals surface area contributed by atoms with Crippen molar-refractivity contribution in [2.24, 2.45) is 0 Å². The number of hydrogen-bond donors (Lipinski definition) is 6. The Bertz CT molecular complexity index is 2100. The van der Waals surface area contributed by atoms with Crippen molar-refractivity contribution in [2.75, 3.05) is 18.9 Å². The number of halogens is 1. The van der Waals surface area contributed by atoms with Gasteiger partial charge in [-0.05, 0) is 35.7 Å². The first-order chi connectivity index (χ1) is 22.2. The number of nitrogens with zero attached hydrogens (tertiary/aromatic N) is 5. The maximum atomic E-state index is 13.4. The fourth-order valence-corrected chi connectivity index (χ4v) is 8.67. The van der Waals surface area contributed by atoms with Gasteiger partial charge in [-0.2, -0.15) is 4.98 Å². The van der Waals surface area contributed by atoms with Gasteiger partial charge in [-0.25, -0.2) is 9.97 Å². The summed E-state index contributed by atoms with van der Waals surface area (Å²) in [6.07, 6.45) is -9.23. The van der Waals surface area contributed by atoms with E-state index in [4.69, 9.17) is 68.5 Å². The van der Waals surface area contributed by atoms with Crippen LogP contribution in [0, 0.1) is 0 Å². The molecule has 3 saturated heterocycles. The minimum absolute atomic E-state index is 0.0376. The second-order valence-corrected chi connectivity index (χ2v) is 16.6. The number of aliphatic hydroxyl groups excluding tert-OH is 2. The standard InChI is InChI=1S/C23H24ClN7O12P2S2/c24-8-2-1-3-9-12(8)20(35)31(6-26-9)21-15(33)16-11(41-21)5-39-45(37,47)43-17-14(32)10(4-38-44(36,46)42-16)40-22(17)30-7-27-13-18(30)28-23(25)29-19(13)34/h1-3,6-7,10-11,14-17,21-22,32-33H,4-5H2,(H,36,46)(H,37,47)(H3,25,28,29,34)/t10-,11-,14-,15-,16-,17-,21-,22-,44?,45?/m1/s1. The zero-order valence-corrected chi connectivity index (χ0v) is 27.6. The number of anilines is 1. The fourth-order valence-electron chi connectivity index (χ4n) is 5.56. The molecule has 0 spiro atoms. The zero-order chi connectivity index (χ0) is 33.4. The van der Waals surface area contributed by atoms with Gasteiger partial charge in [0.2, 0.25) is 5.95 Å². The molecule has 4 aromatic rings. The van der Waals surface area contributed by atoms with Crippen LogP contribution in [0.5, 0.6) is 0 Å². The number of nitrogens with two attached hydrogens (primary N) is 1. The molecule has 0 aliphatic carbocycles. The number of aromatic amines is 1. The predicted molar refractivity (Wildman–Crippen MR) is 168 cm³/mol. The Hall–Kier alpha value is -2.30.